The maximum atomic E-state index is 7.28. The Bertz CT molecular complexity index is 1200. The Balaban J connectivity index is 1.96. The number of hydrogen-bond acceptors (Lipinski definition) is 0. The molecule has 2 unspecified atom stereocenters. The second-order valence-corrected chi connectivity index (χ2v) is 18.9. The molecule has 200 valence electrons. The Morgan fingerprint density at radius 1 is 0.568 bits per heavy atom. The summed E-state index contributed by atoms with van der Waals surface area (Å²) in [6.07, 6.45) is 0. The number of allylic oxidation sites excluding steroid dienone is 2. The monoisotopic (exact) mass is 552 g/mol. The van der Waals surface area contributed by atoms with Crippen molar-refractivity contribution in [3.63, 3.8) is 0 Å². The van der Waals surface area contributed by atoms with Gasteiger partial charge in [-0.25, -0.2) is 0 Å². The van der Waals surface area contributed by atoms with Crippen LogP contribution >= 0.6 is 23.2 Å². The van der Waals surface area contributed by atoms with Gasteiger partial charge in [-0.05, 0) is 82.0 Å². The zero-order chi connectivity index (χ0) is 27.7. The number of benzene rings is 2. The lowest BCUT2D eigenvalue weighted by molar-refractivity contribution is 0.784. The number of hydrogen-bond donors (Lipinski definition) is 0. The SMILES string of the molecule is CC1=C(Cl)c2c(ccc(C(C)C)c2C(C)C)C1[Si](C)(C)C1C(C)=C(Cl)c2c1ccc(C(C)C)c2C(C)C. The minimum atomic E-state index is -2.04. The van der Waals surface area contributed by atoms with E-state index in [-0.39, 0.29) is 0 Å². The summed E-state index contributed by atoms with van der Waals surface area (Å²) in [5, 5.41) is 1.99. The van der Waals surface area contributed by atoms with Crippen molar-refractivity contribution in [3.05, 3.63) is 79.9 Å². The Morgan fingerprint density at radius 2 is 0.892 bits per heavy atom. The van der Waals surface area contributed by atoms with Crippen LogP contribution in [0.4, 0.5) is 0 Å². The Hall–Kier alpha value is -1.28. The predicted molar refractivity (Wildman–Crippen MR) is 169 cm³/mol. The highest BCUT2D eigenvalue weighted by Crippen LogP contribution is 2.59. The lowest BCUT2D eigenvalue weighted by Gasteiger charge is -2.39. The van der Waals surface area contributed by atoms with Gasteiger partial charge in [-0.1, -0.05) is 116 Å². The maximum absolute atomic E-state index is 7.28. The van der Waals surface area contributed by atoms with Crippen molar-refractivity contribution in [3.8, 4) is 0 Å². The average Bonchev–Trinajstić information content (AvgIpc) is 3.22. The molecule has 0 saturated heterocycles. The molecule has 2 aromatic carbocycles. The molecule has 0 spiro atoms. The highest BCUT2D eigenvalue weighted by Gasteiger charge is 2.50. The fourth-order valence-corrected chi connectivity index (χ4v) is 13.5. The van der Waals surface area contributed by atoms with E-state index < -0.39 is 8.07 Å². The third kappa shape index (κ3) is 4.32. The molecule has 0 nitrogen and oxygen atoms in total. The molecule has 4 rings (SSSR count). The van der Waals surface area contributed by atoms with Crippen molar-refractivity contribution in [2.45, 2.75) is 117 Å². The molecular formula is C34H46Cl2Si. The van der Waals surface area contributed by atoms with Crippen LogP contribution in [0.25, 0.3) is 10.1 Å². The lowest BCUT2D eigenvalue weighted by Crippen LogP contribution is -2.42. The summed E-state index contributed by atoms with van der Waals surface area (Å²) < 4.78 is 0. The summed E-state index contributed by atoms with van der Waals surface area (Å²) in [5.74, 6) is 1.83. The third-order valence-electron chi connectivity index (χ3n) is 9.13. The van der Waals surface area contributed by atoms with Crippen LogP contribution in [-0.4, -0.2) is 8.07 Å². The van der Waals surface area contributed by atoms with Gasteiger partial charge in [0, 0.05) is 32.3 Å². The molecule has 2 aromatic rings. The summed E-state index contributed by atoms with van der Waals surface area (Å²) in [7, 11) is -2.04. The molecule has 0 fully saturated rings. The first-order valence-electron chi connectivity index (χ1n) is 14.2. The smallest absolute Gasteiger partial charge is 0.0723 e. The first-order chi connectivity index (χ1) is 17.1. The Kier molecular flexibility index (Phi) is 7.79. The Labute approximate surface area is 237 Å². The summed E-state index contributed by atoms with van der Waals surface area (Å²) in [5.41, 5.74) is 14.8. The van der Waals surface area contributed by atoms with Gasteiger partial charge in [0.1, 0.15) is 0 Å². The minimum absolute atomic E-state index is 0.372. The van der Waals surface area contributed by atoms with Crippen LogP contribution in [0.3, 0.4) is 0 Å². The summed E-state index contributed by atoms with van der Waals surface area (Å²) in [4.78, 5) is 0. The van der Waals surface area contributed by atoms with Crippen molar-refractivity contribution in [2.75, 3.05) is 0 Å². The number of fused-ring (bicyclic) bond motifs is 2. The topological polar surface area (TPSA) is 0 Å². The van der Waals surface area contributed by atoms with Gasteiger partial charge in [0.05, 0.1) is 8.07 Å². The third-order valence-corrected chi connectivity index (χ3v) is 14.6. The van der Waals surface area contributed by atoms with Crippen LogP contribution in [0.15, 0.2) is 35.4 Å². The van der Waals surface area contributed by atoms with E-state index in [9.17, 15) is 0 Å². The van der Waals surface area contributed by atoms with Gasteiger partial charge in [-0.2, -0.15) is 0 Å². The van der Waals surface area contributed by atoms with Crippen LogP contribution in [0.1, 0.15) is 148 Å². The average molecular weight is 554 g/mol. The van der Waals surface area contributed by atoms with Crippen molar-refractivity contribution >= 4 is 41.3 Å². The molecule has 0 saturated carbocycles. The molecule has 0 aromatic heterocycles. The van der Waals surface area contributed by atoms with E-state index in [4.69, 9.17) is 23.2 Å². The molecule has 2 atom stereocenters. The highest BCUT2D eigenvalue weighted by molar-refractivity contribution is 6.82. The standard InChI is InChI=1S/C34H46Cl2Si/c1-17(2)23-13-15-25-29(27(23)19(5)6)31(35)21(9)33(25)37(11,12)34-22(10)32(36)30-26(34)16-14-24(18(3)4)28(30)20(7)8/h13-20,33-34H,1-12H3. The van der Waals surface area contributed by atoms with Gasteiger partial charge < -0.3 is 0 Å². The molecule has 0 amide bonds. The van der Waals surface area contributed by atoms with E-state index in [1.54, 1.807) is 0 Å². The predicted octanol–water partition coefficient (Wildman–Crippen LogP) is 11.8. The van der Waals surface area contributed by atoms with Crippen LogP contribution in [0, 0.1) is 0 Å². The first-order valence-corrected chi connectivity index (χ1v) is 18.1. The van der Waals surface area contributed by atoms with Crippen molar-refractivity contribution in [2.24, 2.45) is 0 Å². The van der Waals surface area contributed by atoms with Crippen LogP contribution in [0.2, 0.25) is 13.1 Å². The molecule has 0 aliphatic heterocycles. The van der Waals surface area contributed by atoms with Gasteiger partial charge in [-0.15, -0.1) is 0 Å². The molecule has 2 aliphatic rings. The van der Waals surface area contributed by atoms with E-state index in [1.165, 1.54) is 55.7 Å². The molecule has 0 heterocycles. The fraction of sp³-hybridized carbons (Fsp3) is 0.529. The van der Waals surface area contributed by atoms with E-state index >= 15 is 0 Å². The molecule has 0 radical (unpaired) electrons. The molecule has 37 heavy (non-hydrogen) atoms. The fourth-order valence-electron chi connectivity index (χ4n) is 7.73. The van der Waals surface area contributed by atoms with Crippen molar-refractivity contribution < 1.29 is 0 Å². The summed E-state index contributed by atoms with van der Waals surface area (Å²) in [6.45, 7) is 28.2. The van der Waals surface area contributed by atoms with Crippen molar-refractivity contribution in [1.82, 2.24) is 0 Å². The van der Waals surface area contributed by atoms with Crippen LogP contribution in [-0.2, 0) is 0 Å². The van der Waals surface area contributed by atoms with Gasteiger partial charge in [0.25, 0.3) is 0 Å². The van der Waals surface area contributed by atoms with Gasteiger partial charge >= 0.3 is 0 Å². The number of rotatable bonds is 6. The summed E-state index contributed by atoms with van der Waals surface area (Å²) in [6, 6.07) is 9.60. The quantitative estimate of drug-likeness (QED) is 0.312. The second-order valence-electron chi connectivity index (χ2n) is 13.4. The number of halogens is 2. The lowest BCUT2D eigenvalue weighted by atomic mass is 9.85. The molecule has 3 heteroatoms. The molecule has 0 N–H and O–H groups in total. The minimum Gasteiger partial charge on any atom is -0.0837 e. The van der Waals surface area contributed by atoms with E-state index in [0.717, 1.165) is 10.1 Å². The Morgan fingerprint density at radius 3 is 1.16 bits per heavy atom. The van der Waals surface area contributed by atoms with Gasteiger partial charge in [0.15, 0.2) is 0 Å². The molecule has 2 aliphatic carbocycles. The van der Waals surface area contributed by atoms with Crippen molar-refractivity contribution in [1.29, 1.82) is 0 Å². The highest BCUT2D eigenvalue weighted by atomic mass is 35.5. The second kappa shape index (κ2) is 10.0. The maximum Gasteiger partial charge on any atom is 0.0723 e. The molecule has 0 bridgehead atoms. The molecular weight excluding hydrogens is 507 g/mol. The van der Waals surface area contributed by atoms with E-state index in [0.29, 0.717) is 34.8 Å². The zero-order valence-electron chi connectivity index (χ0n) is 25.0. The summed E-state index contributed by atoms with van der Waals surface area (Å²) >= 11 is 14.6. The first kappa shape index (κ1) is 28.7. The largest absolute Gasteiger partial charge is 0.0837 e. The van der Waals surface area contributed by atoms with Gasteiger partial charge in [0.2, 0.25) is 0 Å². The normalized spacial score (nSPS) is 19.8. The van der Waals surface area contributed by atoms with Crippen LogP contribution in [0.5, 0.6) is 0 Å². The van der Waals surface area contributed by atoms with E-state index in [2.05, 4.69) is 107 Å². The van der Waals surface area contributed by atoms with E-state index in [1.807, 2.05) is 0 Å². The zero-order valence-corrected chi connectivity index (χ0v) is 27.5. The van der Waals surface area contributed by atoms with Crippen LogP contribution < -0.4 is 0 Å². The van der Waals surface area contributed by atoms with Gasteiger partial charge in [-0.3, -0.25) is 0 Å².